The topological polar surface area (TPSA) is 20.3 Å². The third kappa shape index (κ3) is 5.08. The third-order valence-corrected chi connectivity index (χ3v) is 4.47. The van der Waals surface area contributed by atoms with Crippen LogP contribution in [-0.4, -0.2) is 16.9 Å². The van der Waals surface area contributed by atoms with Crippen molar-refractivity contribution in [2.24, 2.45) is 0 Å². The van der Waals surface area contributed by atoms with E-state index in [1.54, 1.807) is 35.2 Å². The first kappa shape index (κ1) is 19.8. The molecule has 0 aliphatic rings. The van der Waals surface area contributed by atoms with Gasteiger partial charge in [0.15, 0.2) is 0 Å². The van der Waals surface area contributed by atoms with Gasteiger partial charge in [0.1, 0.15) is 6.04 Å². The van der Waals surface area contributed by atoms with Crippen molar-refractivity contribution in [3.05, 3.63) is 108 Å². The molecule has 28 heavy (non-hydrogen) atoms. The van der Waals surface area contributed by atoms with E-state index in [1.807, 2.05) is 60.7 Å². The second-order valence-corrected chi connectivity index (χ2v) is 6.55. The van der Waals surface area contributed by atoms with Gasteiger partial charge in [-0.25, -0.2) is 0 Å². The molecule has 0 saturated carbocycles. The van der Waals surface area contributed by atoms with E-state index in [0.29, 0.717) is 5.56 Å². The van der Waals surface area contributed by atoms with Crippen molar-refractivity contribution < 1.29 is 18.0 Å². The molecule has 5 heteroatoms. The summed E-state index contributed by atoms with van der Waals surface area (Å²) in [6, 6.07) is 25.1. The first-order valence-corrected chi connectivity index (χ1v) is 8.93. The predicted molar refractivity (Wildman–Crippen MR) is 102 cm³/mol. The molecule has 0 aromatic heterocycles. The van der Waals surface area contributed by atoms with E-state index < -0.39 is 18.0 Å². The molecule has 0 heterocycles. The molecule has 0 fully saturated rings. The van der Waals surface area contributed by atoms with Crippen LogP contribution in [0.25, 0.3) is 0 Å². The number of benzene rings is 3. The van der Waals surface area contributed by atoms with Crippen molar-refractivity contribution in [2.45, 2.75) is 25.3 Å². The minimum Gasteiger partial charge on any atom is -0.287 e. The highest BCUT2D eigenvalue weighted by molar-refractivity contribution is 5.90. The second-order valence-electron chi connectivity index (χ2n) is 6.55. The number of carbonyl (C=O) groups excluding carboxylic acids is 1. The Balaban J connectivity index is 2.03. The molecular weight excluding hydrogens is 363 g/mol. The summed E-state index contributed by atoms with van der Waals surface area (Å²) in [5.41, 5.74) is 2.01. The maximum atomic E-state index is 13.4. The molecule has 2 nitrogen and oxygen atoms in total. The number of hydrogen-bond acceptors (Lipinski definition) is 2. The molecule has 0 spiro atoms. The first-order valence-electron chi connectivity index (χ1n) is 8.93. The van der Waals surface area contributed by atoms with Gasteiger partial charge in [0.25, 0.3) is 5.78 Å². The molecule has 3 aromatic carbocycles. The summed E-state index contributed by atoms with van der Waals surface area (Å²) >= 11 is 0. The number of nitrogens with zero attached hydrogens (tertiary/aromatic N) is 1. The summed E-state index contributed by atoms with van der Waals surface area (Å²) in [6.45, 7) is 0.439. The van der Waals surface area contributed by atoms with Gasteiger partial charge in [-0.2, -0.15) is 13.2 Å². The molecule has 0 bridgehead atoms. The third-order valence-electron chi connectivity index (χ3n) is 4.47. The van der Waals surface area contributed by atoms with Gasteiger partial charge in [-0.1, -0.05) is 91.0 Å². The van der Waals surface area contributed by atoms with Crippen LogP contribution in [0.4, 0.5) is 13.2 Å². The average molecular weight is 383 g/mol. The van der Waals surface area contributed by atoms with Crippen LogP contribution < -0.4 is 0 Å². The molecule has 144 valence electrons. The molecule has 0 aliphatic heterocycles. The van der Waals surface area contributed by atoms with Gasteiger partial charge in [-0.3, -0.25) is 9.69 Å². The van der Waals surface area contributed by atoms with Gasteiger partial charge in [-0.05, 0) is 16.7 Å². The van der Waals surface area contributed by atoms with Crippen molar-refractivity contribution in [1.29, 1.82) is 0 Å². The zero-order valence-electron chi connectivity index (χ0n) is 15.1. The van der Waals surface area contributed by atoms with Crippen LogP contribution in [0, 0.1) is 0 Å². The van der Waals surface area contributed by atoms with Crippen LogP contribution in [0.15, 0.2) is 91.0 Å². The van der Waals surface area contributed by atoms with Crippen molar-refractivity contribution >= 4 is 5.78 Å². The number of Topliss-reactive ketones (excluding diaryl/α,β-unsaturated/α-hetero) is 1. The summed E-state index contributed by atoms with van der Waals surface area (Å²) in [5, 5.41) is 0. The van der Waals surface area contributed by atoms with Crippen LogP contribution in [0.5, 0.6) is 0 Å². The SMILES string of the molecule is O=C(C(c1ccccc1)N(Cc1ccccc1)Cc1ccccc1)C(F)(F)F. The van der Waals surface area contributed by atoms with Crippen LogP contribution in [0.1, 0.15) is 22.7 Å². The number of ketones is 1. The van der Waals surface area contributed by atoms with Crippen LogP contribution in [-0.2, 0) is 17.9 Å². The Hall–Kier alpha value is -2.92. The average Bonchev–Trinajstić information content (AvgIpc) is 2.70. The summed E-state index contributed by atoms with van der Waals surface area (Å²) in [7, 11) is 0. The lowest BCUT2D eigenvalue weighted by Gasteiger charge is -2.32. The molecular formula is C23H20F3NO. The molecule has 3 rings (SSSR count). The van der Waals surface area contributed by atoms with Gasteiger partial charge >= 0.3 is 6.18 Å². The largest absolute Gasteiger partial charge is 0.452 e. The van der Waals surface area contributed by atoms with E-state index in [0.717, 1.165) is 11.1 Å². The zero-order chi connectivity index (χ0) is 20.0. The summed E-state index contributed by atoms with van der Waals surface area (Å²) < 4.78 is 40.3. The molecule has 0 saturated heterocycles. The molecule has 0 aliphatic carbocycles. The van der Waals surface area contributed by atoms with Crippen molar-refractivity contribution in [1.82, 2.24) is 4.90 Å². The van der Waals surface area contributed by atoms with Crippen LogP contribution in [0.3, 0.4) is 0 Å². The van der Waals surface area contributed by atoms with Crippen LogP contribution in [0.2, 0.25) is 0 Å². The second kappa shape index (κ2) is 8.85. The first-order chi connectivity index (χ1) is 13.4. The number of alkyl halides is 3. The smallest absolute Gasteiger partial charge is 0.287 e. The van der Waals surface area contributed by atoms with E-state index in [9.17, 15) is 18.0 Å². The van der Waals surface area contributed by atoms with Gasteiger partial charge in [0.2, 0.25) is 0 Å². The molecule has 1 unspecified atom stereocenters. The monoisotopic (exact) mass is 383 g/mol. The lowest BCUT2D eigenvalue weighted by atomic mass is 9.98. The highest BCUT2D eigenvalue weighted by Gasteiger charge is 2.46. The van der Waals surface area contributed by atoms with Crippen LogP contribution >= 0.6 is 0 Å². The minimum absolute atomic E-state index is 0.219. The Morgan fingerprint density at radius 3 is 1.50 bits per heavy atom. The lowest BCUT2D eigenvalue weighted by molar-refractivity contribution is -0.177. The number of carbonyl (C=O) groups is 1. The van der Waals surface area contributed by atoms with E-state index in [1.165, 1.54) is 0 Å². The van der Waals surface area contributed by atoms with Crippen molar-refractivity contribution in [3.63, 3.8) is 0 Å². The van der Waals surface area contributed by atoms with E-state index in [4.69, 9.17) is 0 Å². The lowest BCUT2D eigenvalue weighted by Crippen LogP contribution is -2.40. The van der Waals surface area contributed by atoms with E-state index in [-0.39, 0.29) is 13.1 Å². The van der Waals surface area contributed by atoms with Gasteiger partial charge in [-0.15, -0.1) is 0 Å². The predicted octanol–water partition coefficient (Wildman–Crippen LogP) is 5.56. The Bertz CT molecular complexity index is 838. The Morgan fingerprint density at radius 1 is 0.714 bits per heavy atom. The Kier molecular flexibility index (Phi) is 6.26. The normalized spacial score (nSPS) is 12.7. The fraction of sp³-hybridized carbons (Fsp3) is 0.174. The Labute approximate surface area is 162 Å². The molecule has 1 atom stereocenters. The number of hydrogen-bond donors (Lipinski definition) is 0. The Morgan fingerprint density at radius 2 is 1.11 bits per heavy atom. The molecule has 0 radical (unpaired) electrons. The summed E-state index contributed by atoms with van der Waals surface area (Å²) in [6.07, 6.45) is -4.92. The quantitative estimate of drug-likeness (QED) is 0.532. The highest BCUT2D eigenvalue weighted by atomic mass is 19.4. The zero-order valence-corrected chi connectivity index (χ0v) is 15.1. The molecule has 0 N–H and O–H groups in total. The maximum absolute atomic E-state index is 13.4. The van der Waals surface area contributed by atoms with Gasteiger partial charge in [0, 0.05) is 13.1 Å². The van der Waals surface area contributed by atoms with Crippen molar-refractivity contribution in [3.8, 4) is 0 Å². The fourth-order valence-corrected chi connectivity index (χ4v) is 3.19. The summed E-state index contributed by atoms with van der Waals surface area (Å²) in [4.78, 5) is 14.0. The van der Waals surface area contributed by atoms with Crippen molar-refractivity contribution in [2.75, 3.05) is 0 Å². The fourth-order valence-electron chi connectivity index (χ4n) is 3.19. The minimum atomic E-state index is -4.92. The maximum Gasteiger partial charge on any atom is 0.452 e. The van der Waals surface area contributed by atoms with Gasteiger partial charge in [0.05, 0.1) is 0 Å². The highest BCUT2D eigenvalue weighted by Crippen LogP contribution is 2.32. The molecule has 3 aromatic rings. The van der Waals surface area contributed by atoms with E-state index in [2.05, 4.69) is 0 Å². The van der Waals surface area contributed by atoms with E-state index >= 15 is 0 Å². The number of halogens is 3. The summed E-state index contributed by atoms with van der Waals surface area (Å²) in [5.74, 6) is -1.76. The standard InChI is InChI=1S/C23H20F3NO/c24-23(25,26)22(28)21(20-14-8-3-9-15-20)27(16-18-10-4-1-5-11-18)17-19-12-6-2-7-13-19/h1-15,21H,16-17H2. The molecule has 0 amide bonds. The van der Waals surface area contributed by atoms with Gasteiger partial charge < -0.3 is 0 Å². The number of rotatable bonds is 7.